The van der Waals surface area contributed by atoms with Crippen molar-refractivity contribution in [2.24, 2.45) is 0 Å². The van der Waals surface area contributed by atoms with Crippen LogP contribution in [0.4, 0.5) is 5.69 Å². The normalized spacial score (nSPS) is 10.2. The van der Waals surface area contributed by atoms with Gasteiger partial charge < -0.3 is 10.4 Å². The van der Waals surface area contributed by atoms with E-state index >= 15 is 0 Å². The van der Waals surface area contributed by atoms with Crippen LogP contribution in [0.2, 0.25) is 0 Å². The van der Waals surface area contributed by atoms with Crippen LogP contribution in [0.25, 0.3) is 0 Å². The molecule has 0 aliphatic heterocycles. The number of para-hydroxylation sites is 1. The third-order valence-electron chi connectivity index (χ3n) is 3.35. The zero-order chi connectivity index (χ0) is 15.4. The van der Waals surface area contributed by atoms with Gasteiger partial charge in [-0.15, -0.1) is 0 Å². The van der Waals surface area contributed by atoms with Crippen molar-refractivity contribution in [1.82, 2.24) is 0 Å². The zero-order valence-electron chi connectivity index (χ0n) is 12.0. The van der Waals surface area contributed by atoms with Gasteiger partial charge in [-0.3, -0.25) is 4.79 Å². The molecule has 0 fully saturated rings. The molecule has 0 saturated carbocycles. The number of carboxylic acid groups (broad SMARTS) is 1. The summed E-state index contributed by atoms with van der Waals surface area (Å²) in [7, 11) is 0. The number of carboxylic acids is 1. The first-order valence-corrected chi connectivity index (χ1v) is 6.76. The molecular weight excluding hydrogens is 266 g/mol. The Morgan fingerprint density at radius 2 is 1.76 bits per heavy atom. The molecule has 0 atom stereocenters. The maximum atomic E-state index is 12.3. The summed E-state index contributed by atoms with van der Waals surface area (Å²) >= 11 is 0. The maximum absolute atomic E-state index is 12.3. The van der Waals surface area contributed by atoms with Gasteiger partial charge in [-0.1, -0.05) is 31.2 Å². The van der Waals surface area contributed by atoms with Gasteiger partial charge in [0.05, 0.1) is 5.56 Å². The first-order valence-electron chi connectivity index (χ1n) is 6.76. The third kappa shape index (κ3) is 3.28. The molecule has 0 aromatic heterocycles. The molecule has 2 N–H and O–H groups in total. The van der Waals surface area contributed by atoms with Crippen LogP contribution in [-0.4, -0.2) is 17.0 Å². The summed E-state index contributed by atoms with van der Waals surface area (Å²) in [5.74, 6) is -1.35. The van der Waals surface area contributed by atoms with E-state index in [1.807, 2.05) is 32.0 Å². The van der Waals surface area contributed by atoms with Crippen LogP contribution in [0.3, 0.4) is 0 Å². The number of hydrogen-bond acceptors (Lipinski definition) is 2. The predicted octanol–water partition coefficient (Wildman–Crippen LogP) is 3.51. The van der Waals surface area contributed by atoms with Crippen molar-refractivity contribution >= 4 is 17.6 Å². The minimum atomic E-state index is -1.05. The lowest BCUT2D eigenvalue weighted by Gasteiger charge is -2.13. The van der Waals surface area contributed by atoms with Crippen molar-refractivity contribution in [3.8, 4) is 0 Å². The molecule has 0 aliphatic rings. The number of anilines is 1. The van der Waals surface area contributed by atoms with E-state index < -0.39 is 5.97 Å². The molecule has 21 heavy (non-hydrogen) atoms. The Balaban J connectivity index is 2.30. The van der Waals surface area contributed by atoms with Gasteiger partial charge in [-0.25, -0.2) is 4.79 Å². The minimum Gasteiger partial charge on any atom is -0.478 e. The summed E-state index contributed by atoms with van der Waals surface area (Å²) in [4.78, 5) is 23.3. The van der Waals surface area contributed by atoms with Gasteiger partial charge in [0.15, 0.2) is 0 Å². The molecule has 0 unspecified atom stereocenters. The highest BCUT2D eigenvalue weighted by Crippen LogP contribution is 2.22. The largest absolute Gasteiger partial charge is 0.478 e. The summed E-state index contributed by atoms with van der Waals surface area (Å²) in [5.41, 5.74) is 3.27. The Morgan fingerprint density at radius 1 is 1.10 bits per heavy atom. The molecule has 2 aromatic rings. The number of carbonyl (C=O) groups is 2. The number of hydrogen-bond donors (Lipinski definition) is 2. The van der Waals surface area contributed by atoms with Gasteiger partial charge in [0.2, 0.25) is 0 Å². The van der Waals surface area contributed by atoms with Gasteiger partial charge in [0, 0.05) is 11.3 Å². The highest BCUT2D eigenvalue weighted by atomic mass is 16.4. The lowest BCUT2D eigenvalue weighted by atomic mass is 10.0. The van der Waals surface area contributed by atoms with E-state index in [1.54, 1.807) is 12.1 Å². The molecule has 2 aromatic carbocycles. The Morgan fingerprint density at radius 3 is 2.43 bits per heavy atom. The van der Waals surface area contributed by atoms with Crippen molar-refractivity contribution in [3.05, 3.63) is 64.7 Å². The molecule has 108 valence electrons. The molecule has 2 rings (SSSR count). The van der Waals surface area contributed by atoms with Crippen LogP contribution in [-0.2, 0) is 6.42 Å². The quantitative estimate of drug-likeness (QED) is 0.902. The summed E-state index contributed by atoms with van der Waals surface area (Å²) < 4.78 is 0. The monoisotopic (exact) mass is 283 g/mol. The fourth-order valence-corrected chi connectivity index (χ4v) is 2.18. The predicted molar refractivity (Wildman–Crippen MR) is 81.9 cm³/mol. The Bertz CT molecular complexity index is 692. The summed E-state index contributed by atoms with van der Waals surface area (Å²) in [6.07, 6.45) is 0.812. The van der Waals surface area contributed by atoms with Crippen molar-refractivity contribution in [2.75, 3.05) is 5.32 Å². The number of aryl methyl sites for hydroxylation is 2. The van der Waals surface area contributed by atoms with E-state index in [2.05, 4.69) is 5.32 Å². The average Bonchev–Trinajstić information content (AvgIpc) is 2.49. The lowest BCUT2D eigenvalue weighted by Crippen LogP contribution is -2.15. The third-order valence-corrected chi connectivity index (χ3v) is 3.35. The highest BCUT2D eigenvalue weighted by Gasteiger charge is 2.12. The highest BCUT2D eigenvalue weighted by molar-refractivity contribution is 6.06. The first-order chi connectivity index (χ1) is 10.0. The number of aromatic carboxylic acids is 1. The molecule has 0 radical (unpaired) electrons. The SMILES string of the molecule is CCc1cccc(C)c1NC(=O)c1cccc(C(=O)O)c1. The molecule has 4 nitrogen and oxygen atoms in total. The Labute approximate surface area is 123 Å². The van der Waals surface area contributed by atoms with Gasteiger partial charge in [-0.05, 0) is 42.7 Å². The van der Waals surface area contributed by atoms with Gasteiger partial charge >= 0.3 is 5.97 Å². The van der Waals surface area contributed by atoms with Gasteiger partial charge in [0.25, 0.3) is 5.91 Å². The Kier molecular flexibility index (Phi) is 4.38. The van der Waals surface area contributed by atoms with E-state index in [0.717, 1.165) is 23.2 Å². The molecule has 0 heterocycles. The van der Waals surface area contributed by atoms with Crippen LogP contribution in [0.5, 0.6) is 0 Å². The van der Waals surface area contributed by atoms with E-state index in [1.165, 1.54) is 12.1 Å². The molecule has 0 bridgehead atoms. The second-order valence-corrected chi connectivity index (χ2v) is 4.80. The number of amides is 1. The molecular formula is C17H17NO3. The first kappa shape index (κ1) is 14.8. The van der Waals surface area contributed by atoms with Crippen LogP contribution in [0.15, 0.2) is 42.5 Å². The van der Waals surface area contributed by atoms with Crippen LogP contribution in [0, 0.1) is 6.92 Å². The lowest BCUT2D eigenvalue weighted by molar-refractivity contribution is 0.0697. The van der Waals surface area contributed by atoms with Crippen LogP contribution in [0.1, 0.15) is 38.8 Å². The second-order valence-electron chi connectivity index (χ2n) is 4.80. The van der Waals surface area contributed by atoms with E-state index in [9.17, 15) is 9.59 Å². The topological polar surface area (TPSA) is 66.4 Å². The smallest absolute Gasteiger partial charge is 0.335 e. The standard InChI is InChI=1S/C17H17NO3/c1-3-12-7-4-6-11(2)15(12)18-16(19)13-8-5-9-14(10-13)17(20)21/h4-10H,3H2,1-2H3,(H,18,19)(H,20,21). The number of benzene rings is 2. The fourth-order valence-electron chi connectivity index (χ4n) is 2.18. The minimum absolute atomic E-state index is 0.100. The van der Waals surface area contributed by atoms with Crippen LogP contribution >= 0.6 is 0 Å². The van der Waals surface area contributed by atoms with Gasteiger partial charge in [0.1, 0.15) is 0 Å². The van der Waals surface area contributed by atoms with Crippen molar-refractivity contribution in [2.45, 2.75) is 20.3 Å². The molecule has 0 saturated heterocycles. The van der Waals surface area contributed by atoms with Crippen molar-refractivity contribution in [1.29, 1.82) is 0 Å². The number of nitrogens with one attached hydrogen (secondary N) is 1. The Hall–Kier alpha value is -2.62. The maximum Gasteiger partial charge on any atom is 0.335 e. The number of carbonyl (C=O) groups excluding carboxylic acids is 1. The van der Waals surface area contributed by atoms with Crippen LogP contribution < -0.4 is 5.32 Å². The summed E-state index contributed by atoms with van der Waals surface area (Å²) in [6, 6.07) is 11.9. The number of rotatable bonds is 4. The van der Waals surface area contributed by atoms with Gasteiger partial charge in [-0.2, -0.15) is 0 Å². The summed E-state index contributed by atoms with van der Waals surface area (Å²) in [5, 5.41) is 11.9. The molecule has 1 amide bonds. The summed E-state index contributed by atoms with van der Waals surface area (Å²) in [6.45, 7) is 3.96. The van der Waals surface area contributed by atoms with Crippen molar-refractivity contribution < 1.29 is 14.7 Å². The van der Waals surface area contributed by atoms with Crippen molar-refractivity contribution in [3.63, 3.8) is 0 Å². The van der Waals surface area contributed by atoms with E-state index in [4.69, 9.17) is 5.11 Å². The fraction of sp³-hybridized carbons (Fsp3) is 0.176. The van der Waals surface area contributed by atoms with E-state index in [0.29, 0.717) is 5.56 Å². The second kappa shape index (κ2) is 6.22. The molecule has 0 spiro atoms. The zero-order valence-corrected chi connectivity index (χ0v) is 12.0. The molecule has 0 aliphatic carbocycles. The van der Waals surface area contributed by atoms with E-state index in [-0.39, 0.29) is 11.5 Å². The molecule has 4 heteroatoms. The average molecular weight is 283 g/mol.